The Bertz CT molecular complexity index is 1050. The zero-order valence-corrected chi connectivity index (χ0v) is 15.9. The quantitative estimate of drug-likeness (QED) is 0.250. The number of nitrogens with zero attached hydrogens (tertiary/aromatic N) is 3. The van der Waals surface area contributed by atoms with Crippen molar-refractivity contribution in [2.75, 3.05) is 14.2 Å². The lowest BCUT2D eigenvalue weighted by molar-refractivity contribution is -0.385. The summed E-state index contributed by atoms with van der Waals surface area (Å²) in [6.07, 6.45) is 5.76. The second kappa shape index (κ2) is 8.83. The van der Waals surface area contributed by atoms with Crippen LogP contribution < -0.4 is 9.47 Å². The van der Waals surface area contributed by atoms with E-state index in [9.17, 15) is 14.9 Å². The smallest absolute Gasteiger partial charge is 0.307 e. The molecule has 0 unspecified atom stereocenters. The Morgan fingerprint density at radius 3 is 2.55 bits per heavy atom. The van der Waals surface area contributed by atoms with E-state index in [1.54, 1.807) is 50.6 Å². The average molecular weight is 393 g/mol. The van der Waals surface area contributed by atoms with Gasteiger partial charge in [-0.25, -0.2) is 0 Å². The minimum absolute atomic E-state index is 0.0786. The van der Waals surface area contributed by atoms with Crippen molar-refractivity contribution in [1.29, 1.82) is 0 Å². The van der Waals surface area contributed by atoms with Crippen LogP contribution >= 0.6 is 0 Å². The van der Waals surface area contributed by atoms with Gasteiger partial charge in [-0.1, -0.05) is 12.1 Å². The molecule has 0 aliphatic carbocycles. The summed E-state index contributed by atoms with van der Waals surface area (Å²) in [6, 6.07) is 12.3. The molecule has 3 rings (SSSR count). The van der Waals surface area contributed by atoms with Gasteiger partial charge < -0.3 is 9.47 Å². The minimum atomic E-state index is -0.495. The van der Waals surface area contributed by atoms with Gasteiger partial charge in [0.2, 0.25) is 0 Å². The second-order valence-corrected chi connectivity index (χ2v) is 6.15. The molecule has 1 heterocycles. The number of rotatable bonds is 8. The van der Waals surface area contributed by atoms with Crippen LogP contribution in [0.5, 0.6) is 11.5 Å². The van der Waals surface area contributed by atoms with Crippen molar-refractivity contribution >= 4 is 17.5 Å². The summed E-state index contributed by atoms with van der Waals surface area (Å²) in [4.78, 5) is 22.7. The van der Waals surface area contributed by atoms with Gasteiger partial charge in [-0.05, 0) is 48.0 Å². The van der Waals surface area contributed by atoms with E-state index in [1.807, 2.05) is 12.1 Å². The highest BCUT2D eigenvalue weighted by Gasteiger charge is 2.11. The van der Waals surface area contributed by atoms with Crippen molar-refractivity contribution in [2.24, 2.45) is 0 Å². The maximum Gasteiger partial charge on any atom is 0.307 e. The van der Waals surface area contributed by atoms with Crippen LogP contribution in [0, 0.1) is 10.1 Å². The molecule has 0 saturated heterocycles. The predicted molar refractivity (Wildman–Crippen MR) is 107 cm³/mol. The van der Waals surface area contributed by atoms with E-state index >= 15 is 0 Å². The number of ether oxygens (including phenoxy) is 2. The number of carbonyl (C=O) groups is 1. The van der Waals surface area contributed by atoms with Crippen molar-refractivity contribution in [1.82, 2.24) is 9.78 Å². The lowest BCUT2D eigenvalue weighted by Gasteiger charge is -2.09. The van der Waals surface area contributed by atoms with E-state index in [-0.39, 0.29) is 11.5 Å². The Hall–Kier alpha value is -3.94. The van der Waals surface area contributed by atoms with Crippen LogP contribution in [0.4, 0.5) is 5.69 Å². The third-order valence-corrected chi connectivity index (χ3v) is 4.27. The molecule has 0 amide bonds. The van der Waals surface area contributed by atoms with Crippen LogP contribution in [-0.4, -0.2) is 34.7 Å². The fourth-order valence-corrected chi connectivity index (χ4v) is 2.76. The molecule has 0 spiro atoms. The zero-order valence-electron chi connectivity index (χ0n) is 15.9. The number of allylic oxidation sites excluding steroid dienone is 1. The van der Waals surface area contributed by atoms with E-state index in [0.717, 1.165) is 11.1 Å². The van der Waals surface area contributed by atoms with Gasteiger partial charge in [-0.15, -0.1) is 0 Å². The van der Waals surface area contributed by atoms with Crippen molar-refractivity contribution < 1.29 is 19.2 Å². The Kier molecular flexibility index (Phi) is 6.03. The number of benzene rings is 2. The molecule has 8 nitrogen and oxygen atoms in total. The number of hydrogen-bond acceptors (Lipinski definition) is 6. The summed E-state index contributed by atoms with van der Waals surface area (Å²) in [5.74, 6) is 1.18. The molecule has 0 fully saturated rings. The van der Waals surface area contributed by atoms with Crippen LogP contribution in [-0.2, 0) is 6.54 Å². The first-order valence-corrected chi connectivity index (χ1v) is 8.70. The lowest BCUT2D eigenvalue weighted by Crippen LogP contribution is -2.02. The summed E-state index contributed by atoms with van der Waals surface area (Å²) in [6.45, 7) is 0.297. The Morgan fingerprint density at radius 1 is 1.17 bits per heavy atom. The molecule has 3 aromatic rings. The Labute approximate surface area is 167 Å². The molecule has 29 heavy (non-hydrogen) atoms. The summed E-state index contributed by atoms with van der Waals surface area (Å²) >= 11 is 0. The molecule has 0 bridgehead atoms. The van der Waals surface area contributed by atoms with E-state index < -0.39 is 4.92 Å². The Morgan fingerprint density at radius 2 is 1.93 bits per heavy atom. The summed E-state index contributed by atoms with van der Waals surface area (Å²) in [5, 5.41) is 14.8. The van der Waals surface area contributed by atoms with E-state index in [0.29, 0.717) is 23.6 Å². The van der Waals surface area contributed by atoms with Gasteiger partial charge in [0, 0.05) is 11.1 Å². The zero-order chi connectivity index (χ0) is 20.8. The normalized spacial score (nSPS) is 10.8. The Balaban J connectivity index is 1.78. The number of nitro groups is 1. The first-order chi connectivity index (χ1) is 14.0. The van der Waals surface area contributed by atoms with Gasteiger partial charge in [0.1, 0.15) is 23.9 Å². The SMILES string of the molecule is COc1ccc(C(=O)/C=C/c2ccc(OC)c(Cn3cc([N+](=O)[O-])cn3)c2)cc1. The van der Waals surface area contributed by atoms with Crippen molar-refractivity contribution in [3.05, 3.63) is 87.7 Å². The van der Waals surface area contributed by atoms with Gasteiger partial charge in [-0.2, -0.15) is 5.10 Å². The standard InChI is InChI=1S/C21H19N3O5/c1-28-19-7-5-16(6-8-19)20(25)9-3-15-4-10-21(29-2)17(11-15)13-23-14-18(12-22-23)24(26)27/h3-12,14H,13H2,1-2H3/b9-3+. The van der Waals surface area contributed by atoms with E-state index in [4.69, 9.17) is 9.47 Å². The van der Waals surface area contributed by atoms with Crippen LogP contribution in [0.2, 0.25) is 0 Å². The van der Waals surface area contributed by atoms with Crippen LogP contribution in [0.25, 0.3) is 6.08 Å². The molecule has 0 aliphatic heterocycles. The van der Waals surface area contributed by atoms with Crippen LogP contribution in [0.1, 0.15) is 21.5 Å². The molecule has 8 heteroatoms. The molecular weight excluding hydrogens is 374 g/mol. The third-order valence-electron chi connectivity index (χ3n) is 4.27. The van der Waals surface area contributed by atoms with Gasteiger partial charge in [-0.3, -0.25) is 19.6 Å². The minimum Gasteiger partial charge on any atom is -0.497 e. The van der Waals surface area contributed by atoms with Gasteiger partial charge in [0.25, 0.3) is 0 Å². The molecule has 1 aromatic heterocycles. The largest absolute Gasteiger partial charge is 0.497 e. The van der Waals surface area contributed by atoms with Crippen molar-refractivity contribution in [3.63, 3.8) is 0 Å². The highest BCUT2D eigenvalue weighted by molar-refractivity contribution is 6.06. The van der Waals surface area contributed by atoms with Crippen molar-refractivity contribution in [2.45, 2.75) is 6.54 Å². The van der Waals surface area contributed by atoms with Gasteiger partial charge in [0.15, 0.2) is 5.78 Å². The molecule has 0 N–H and O–H groups in total. The lowest BCUT2D eigenvalue weighted by atomic mass is 10.1. The van der Waals surface area contributed by atoms with Crippen LogP contribution in [0.3, 0.4) is 0 Å². The summed E-state index contributed by atoms with van der Waals surface area (Å²) in [7, 11) is 3.12. The highest BCUT2D eigenvalue weighted by atomic mass is 16.6. The van der Waals surface area contributed by atoms with Gasteiger partial charge in [0.05, 0.1) is 25.7 Å². The average Bonchev–Trinajstić information content (AvgIpc) is 3.21. The molecule has 0 saturated carbocycles. The fourth-order valence-electron chi connectivity index (χ4n) is 2.76. The molecule has 148 valence electrons. The van der Waals surface area contributed by atoms with Crippen molar-refractivity contribution in [3.8, 4) is 11.5 Å². The molecule has 0 radical (unpaired) electrons. The number of hydrogen-bond donors (Lipinski definition) is 0. The monoisotopic (exact) mass is 393 g/mol. The molecule has 0 aliphatic rings. The fraction of sp³-hybridized carbons (Fsp3) is 0.143. The van der Waals surface area contributed by atoms with Gasteiger partial charge >= 0.3 is 5.69 Å². The second-order valence-electron chi connectivity index (χ2n) is 6.15. The maximum absolute atomic E-state index is 12.4. The first-order valence-electron chi connectivity index (χ1n) is 8.70. The number of aromatic nitrogens is 2. The number of methoxy groups -OCH3 is 2. The molecule has 0 atom stereocenters. The summed E-state index contributed by atoms with van der Waals surface area (Å²) < 4.78 is 11.9. The van der Waals surface area contributed by atoms with Crippen LogP contribution in [0.15, 0.2) is 60.9 Å². The number of carbonyl (C=O) groups excluding carboxylic acids is 1. The summed E-state index contributed by atoms with van der Waals surface area (Å²) in [5.41, 5.74) is 2.05. The maximum atomic E-state index is 12.4. The van der Waals surface area contributed by atoms with E-state index in [1.165, 1.54) is 23.2 Å². The number of ketones is 1. The van der Waals surface area contributed by atoms with E-state index in [2.05, 4.69) is 5.10 Å². The highest BCUT2D eigenvalue weighted by Crippen LogP contribution is 2.23. The topological polar surface area (TPSA) is 96.5 Å². The first kappa shape index (κ1) is 19.8. The molecule has 2 aromatic carbocycles. The third kappa shape index (κ3) is 4.86. The predicted octanol–water partition coefficient (Wildman–Crippen LogP) is 3.75. The molecular formula is C21H19N3O5.